The summed E-state index contributed by atoms with van der Waals surface area (Å²) in [5, 5.41) is 0. The molecule has 4 atom stereocenters. The number of ether oxygens (including phenoxy) is 6. The second-order valence-corrected chi connectivity index (χ2v) is 23.2. The molecule has 2 heterocycles. The summed E-state index contributed by atoms with van der Waals surface area (Å²) in [7, 11) is 3.17. The molecule has 2 saturated heterocycles. The van der Waals surface area contributed by atoms with Crippen LogP contribution in [0.15, 0.2) is 121 Å². The number of carbonyl (C=O) groups is 4. The number of benzene rings is 4. The van der Waals surface area contributed by atoms with Gasteiger partial charge >= 0.3 is 0 Å². The third-order valence-electron chi connectivity index (χ3n) is 14.4. The van der Waals surface area contributed by atoms with Crippen LogP contribution in [0.2, 0.25) is 0 Å². The lowest BCUT2D eigenvalue weighted by molar-refractivity contribution is -0.286. The summed E-state index contributed by atoms with van der Waals surface area (Å²) in [6.45, 7) is 6.32. The van der Waals surface area contributed by atoms with Gasteiger partial charge < -0.3 is 28.4 Å². The standard InChI is InChI=1S/C16H23NO4.C15H19NO4.C15H19NO2S2.C14H19NO4/c1-3-19-16(20-4-2)11-10-14(18)15(12-16)21-17-13-8-6-5-7-9-13;17-13-7-8-15(18-9-4-10-19-15)11-14(13)20-16-12-5-2-1-3-6-12;17-13-7-8-15(19-9-4-10-20-15)11-14(13)18-16-12-5-2-1-3-6-12;1-17-14(18-2)9-8-12(16)13(10-14)19-15-11-6-4-3-5-7-11/h5-9,15,17H,3-4,10-12H2,1-2H3;2*1-3,5-6,14,16H,4,7-11H2;3-7,13,15H,8-10H2,1-2H3/t15-;2*14-;13-/m1111/s1. The molecule has 0 radical (unpaired) electrons. The van der Waals surface area contributed by atoms with Crippen molar-refractivity contribution in [2.75, 3.05) is 74.1 Å². The van der Waals surface area contributed by atoms with E-state index < -0.39 is 35.7 Å². The SMILES string of the molecule is CCOC1(OCC)CCC(=O)[C@H](ONc2ccccc2)C1.COC1(OC)CCC(=O)[C@H](ONc2ccccc2)C1.O=C1CCC2(C[C@H]1ONc1ccccc1)OCCCO2.O=C1CCC2(C[C@H]1ONc1ccccc1)SCCCS2. The van der Waals surface area contributed by atoms with Gasteiger partial charge in [0.2, 0.25) is 0 Å². The Morgan fingerprint density at radius 3 is 1.20 bits per heavy atom. The molecule has 0 unspecified atom stereocenters. The first-order chi connectivity index (χ1) is 38.9. The summed E-state index contributed by atoms with van der Waals surface area (Å²) in [5.41, 5.74) is 14.7. The Hall–Kier alpha value is -4.94. The molecule has 4 aliphatic carbocycles. The Kier molecular flexibility index (Phi) is 25.1. The van der Waals surface area contributed by atoms with Crippen molar-refractivity contribution in [2.24, 2.45) is 0 Å². The number of rotatable bonds is 18. The van der Waals surface area contributed by atoms with Crippen molar-refractivity contribution in [3.05, 3.63) is 121 Å². The van der Waals surface area contributed by atoms with E-state index in [-0.39, 0.29) is 33.3 Å². The van der Waals surface area contributed by atoms with Crippen molar-refractivity contribution >= 4 is 69.4 Å². The van der Waals surface area contributed by atoms with E-state index in [0.717, 1.165) is 42.0 Å². The molecule has 80 heavy (non-hydrogen) atoms. The summed E-state index contributed by atoms with van der Waals surface area (Å²) >= 11 is 4.03. The molecular weight excluding hydrogens is 1060 g/mol. The highest BCUT2D eigenvalue weighted by Crippen LogP contribution is 2.51. The van der Waals surface area contributed by atoms with Gasteiger partial charge in [0.15, 0.2) is 40.5 Å². The maximum atomic E-state index is 12.1. The molecule has 4 aromatic carbocycles. The number of anilines is 4. The zero-order valence-electron chi connectivity index (χ0n) is 46.5. The number of para-hydroxylation sites is 4. The van der Waals surface area contributed by atoms with Gasteiger partial charge in [-0.25, -0.2) is 0 Å². The minimum absolute atomic E-state index is 0.0631. The van der Waals surface area contributed by atoms with Crippen molar-refractivity contribution < 1.29 is 66.9 Å². The van der Waals surface area contributed by atoms with Crippen LogP contribution in [0.25, 0.3) is 0 Å². The summed E-state index contributed by atoms with van der Waals surface area (Å²) < 4.78 is 34.0. The number of carbonyl (C=O) groups excluding carboxylic acids is 4. The van der Waals surface area contributed by atoms with E-state index in [1.807, 2.05) is 159 Å². The van der Waals surface area contributed by atoms with Gasteiger partial charge in [-0.05, 0) is 93.1 Å². The third kappa shape index (κ3) is 19.1. The highest BCUT2D eigenvalue weighted by molar-refractivity contribution is 8.18. The third-order valence-corrected chi connectivity index (χ3v) is 17.9. The molecule has 0 bridgehead atoms. The fourth-order valence-corrected chi connectivity index (χ4v) is 13.3. The smallest absolute Gasteiger partial charge is 0.171 e. The average molecular weight is 1150 g/mol. The molecule has 6 fully saturated rings. The van der Waals surface area contributed by atoms with E-state index in [4.69, 9.17) is 47.8 Å². The van der Waals surface area contributed by atoms with Crippen LogP contribution in [0, 0.1) is 0 Å². The number of methoxy groups -OCH3 is 2. The number of ketones is 4. The molecule has 2 aliphatic heterocycles. The van der Waals surface area contributed by atoms with Crippen molar-refractivity contribution in [1.29, 1.82) is 0 Å². The van der Waals surface area contributed by atoms with E-state index in [9.17, 15) is 19.2 Å². The zero-order chi connectivity index (χ0) is 56.5. The topological polar surface area (TPSA) is 209 Å². The van der Waals surface area contributed by atoms with Crippen LogP contribution in [0.4, 0.5) is 22.7 Å². The van der Waals surface area contributed by atoms with Gasteiger partial charge in [0.1, 0.15) is 24.4 Å². The Labute approximate surface area is 479 Å². The van der Waals surface area contributed by atoms with Crippen LogP contribution >= 0.6 is 23.5 Å². The molecule has 4 aromatic rings. The predicted octanol–water partition coefficient (Wildman–Crippen LogP) is 11.1. The first-order valence-electron chi connectivity index (χ1n) is 27.8. The Bertz CT molecular complexity index is 2380. The van der Waals surface area contributed by atoms with E-state index in [1.54, 1.807) is 14.2 Å². The van der Waals surface area contributed by atoms with Crippen LogP contribution in [0.5, 0.6) is 0 Å². The van der Waals surface area contributed by atoms with Gasteiger partial charge in [0.25, 0.3) is 0 Å². The minimum Gasteiger partial charge on any atom is -0.353 e. The van der Waals surface area contributed by atoms with Crippen molar-refractivity contribution in [1.82, 2.24) is 0 Å². The quantitative estimate of drug-likeness (QED) is 0.0539. The number of Topliss-reactive ketones (excluding diaryl/α,β-unsaturated/α-hetero) is 4. The van der Waals surface area contributed by atoms with E-state index in [1.165, 1.54) is 17.9 Å². The summed E-state index contributed by atoms with van der Waals surface area (Å²) in [6.07, 6.45) is 6.91. The lowest BCUT2D eigenvalue weighted by atomic mass is 9.90. The summed E-state index contributed by atoms with van der Waals surface area (Å²) in [5.74, 6) is 0.816. The monoisotopic (exact) mass is 1140 g/mol. The van der Waals surface area contributed by atoms with E-state index in [2.05, 4.69) is 21.9 Å². The number of hydrogen-bond acceptors (Lipinski definition) is 20. The molecule has 4 N–H and O–H groups in total. The van der Waals surface area contributed by atoms with Gasteiger partial charge in [-0.3, -0.25) is 60.4 Å². The highest BCUT2D eigenvalue weighted by atomic mass is 32.2. The minimum atomic E-state index is -0.725. The molecule has 2 spiro atoms. The molecule has 0 aromatic heterocycles. The van der Waals surface area contributed by atoms with Gasteiger partial charge in [-0.2, -0.15) is 0 Å². The number of hydrogen-bond donors (Lipinski definition) is 4. The second kappa shape index (κ2) is 32.0. The fourth-order valence-electron chi connectivity index (χ4n) is 9.95. The van der Waals surface area contributed by atoms with Crippen LogP contribution in [-0.2, 0) is 66.9 Å². The van der Waals surface area contributed by atoms with E-state index >= 15 is 0 Å². The number of nitrogens with one attached hydrogen (secondary N) is 4. The lowest BCUT2D eigenvalue weighted by Gasteiger charge is -2.41. The van der Waals surface area contributed by atoms with Crippen LogP contribution in [0.3, 0.4) is 0 Å². The van der Waals surface area contributed by atoms with Gasteiger partial charge in [0, 0.05) is 98.1 Å². The first-order valence-corrected chi connectivity index (χ1v) is 29.8. The van der Waals surface area contributed by atoms with Crippen molar-refractivity contribution in [2.45, 2.75) is 150 Å². The van der Waals surface area contributed by atoms with Gasteiger partial charge in [-0.15, -0.1) is 23.5 Å². The number of thioether (sulfide) groups is 2. The van der Waals surface area contributed by atoms with Crippen molar-refractivity contribution in [3.63, 3.8) is 0 Å². The summed E-state index contributed by atoms with van der Waals surface area (Å²) in [6, 6.07) is 38.2. The maximum Gasteiger partial charge on any atom is 0.171 e. The Balaban J connectivity index is 0.000000154. The van der Waals surface area contributed by atoms with Crippen LogP contribution < -0.4 is 21.9 Å². The lowest BCUT2D eigenvalue weighted by Crippen LogP contribution is -2.50. The average Bonchev–Trinajstić information content (AvgIpc) is 3.55. The molecule has 4 saturated carbocycles. The maximum absolute atomic E-state index is 12.1. The predicted molar refractivity (Wildman–Crippen MR) is 309 cm³/mol. The van der Waals surface area contributed by atoms with Crippen LogP contribution in [0.1, 0.15) is 104 Å². The highest BCUT2D eigenvalue weighted by Gasteiger charge is 2.46. The Morgan fingerprint density at radius 1 is 0.450 bits per heavy atom. The molecule has 0 amide bonds. The van der Waals surface area contributed by atoms with Gasteiger partial charge in [-0.1, -0.05) is 72.8 Å². The molecule has 20 heteroatoms. The first kappa shape index (κ1) is 62.7. The largest absolute Gasteiger partial charge is 0.353 e. The second-order valence-electron chi connectivity index (χ2n) is 20.0. The normalized spacial score (nSPS) is 23.6. The molecule has 6 aliphatic rings. The summed E-state index contributed by atoms with van der Waals surface area (Å²) in [4.78, 5) is 70.2. The van der Waals surface area contributed by atoms with Crippen LogP contribution in [-0.4, -0.2) is 121 Å². The van der Waals surface area contributed by atoms with Gasteiger partial charge in [0.05, 0.1) is 40.0 Å². The van der Waals surface area contributed by atoms with Crippen molar-refractivity contribution in [3.8, 4) is 0 Å². The zero-order valence-corrected chi connectivity index (χ0v) is 48.2. The molecular formula is C60H80N4O14S2. The molecule has 436 valence electrons. The van der Waals surface area contributed by atoms with E-state index in [0.29, 0.717) is 90.6 Å². The molecule has 10 rings (SSSR count). The Morgan fingerprint density at radius 2 is 0.800 bits per heavy atom. The fraction of sp³-hybridized carbons (Fsp3) is 0.533. The molecule has 18 nitrogen and oxygen atoms in total.